The largest absolute Gasteiger partial charge is 0.481 e. The van der Waals surface area contributed by atoms with Gasteiger partial charge in [0.1, 0.15) is 18.0 Å². The molecule has 1 fully saturated rings. The molecule has 0 bridgehead atoms. The quantitative estimate of drug-likeness (QED) is 0.795. The molecule has 0 spiro atoms. The lowest BCUT2D eigenvalue weighted by Gasteiger charge is -2.29. The molecule has 1 amide bonds. The Morgan fingerprint density at radius 1 is 1.30 bits per heavy atom. The fraction of sp³-hybridized carbons (Fsp3) is 0.524. The van der Waals surface area contributed by atoms with Gasteiger partial charge in [-0.3, -0.25) is 9.78 Å². The molecular weight excluding hydrogens is 393 g/mol. The van der Waals surface area contributed by atoms with Crippen molar-refractivity contribution in [2.45, 2.75) is 57.8 Å². The number of rotatable bonds is 5. The minimum atomic E-state index is -0.691. The first kappa shape index (κ1) is 21.9. The van der Waals surface area contributed by atoms with E-state index in [1.807, 2.05) is 20.8 Å². The number of aromatic nitrogens is 2. The average molecular weight is 419 g/mol. The molecule has 2 aromatic heterocycles. The number of hydrogen-bond donors (Lipinski definition) is 1. The summed E-state index contributed by atoms with van der Waals surface area (Å²) in [4.78, 5) is 32.9. The van der Waals surface area contributed by atoms with Crippen LogP contribution >= 0.6 is 0 Å². The van der Waals surface area contributed by atoms with E-state index in [9.17, 15) is 14.0 Å². The second kappa shape index (κ2) is 8.91. The molecule has 2 atom stereocenters. The third-order valence-corrected chi connectivity index (χ3v) is 4.64. The van der Waals surface area contributed by atoms with Gasteiger partial charge >= 0.3 is 6.09 Å². The summed E-state index contributed by atoms with van der Waals surface area (Å²) in [6.45, 7) is 5.67. The van der Waals surface area contributed by atoms with Gasteiger partial charge in [-0.2, -0.15) is 0 Å². The summed E-state index contributed by atoms with van der Waals surface area (Å²) in [5.41, 5.74) is 0.524. The van der Waals surface area contributed by atoms with Gasteiger partial charge in [0.05, 0.1) is 30.9 Å². The summed E-state index contributed by atoms with van der Waals surface area (Å²) in [7, 11) is 1.46. The molecule has 0 radical (unpaired) electrons. The van der Waals surface area contributed by atoms with E-state index in [0.29, 0.717) is 29.8 Å². The first-order valence-electron chi connectivity index (χ1n) is 9.77. The Balaban J connectivity index is 1.63. The molecule has 0 saturated carbocycles. The number of nitrogens with zero attached hydrogens (tertiary/aromatic N) is 2. The van der Waals surface area contributed by atoms with Gasteiger partial charge in [0, 0.05) is 23.6 Å². The van der Waals surface area contributed by atoms with Gasteiger partial charge < -0.3 is 19.5 Å². The van der Waals surface area contributed by atoms with E-state index in [1.165, 1.54) is 7.11 Å². The first-order valence-corrected chi connectivity index (χ1v) is 9.77. The fourth-order valence-electron chi connectivity index (χ4n) is 3.21. The number of ketones is 1. The Labute approximate surface area is 174 Å². The summed E-state index contributed by atoms with van der Waals surface area (Å²) in [5, 5.41) is 2.72. The number of fused-ring (bicyclic) bond motifs is 1. The number of amides is 1. The van der Waals surface area contributed by atoms with Gasteiger partial charge in [-0.25, -0.2) is 14.2 Å². The molecule has 8 nitrogen and oxygen atoms in total. The molecule has 2 aromatic rings. The molecule has 0 aromatic carbocycles. The Hall–Kier alpha value is -2.81. The van der Waals surface area contributed by atoms with Crippen molar-refractivity contribution >= 4 is 22.9 Å². The van der Waals surface area contributed by atoms with Crippen LogP contribution in [0.5, 0.6) is 5.88 Å². The second-order valence-electron chi connectivity index (χ2n) is 8.25. The normalized spacial score (nSPS) is 19.4. The number of alkyl carbamates (subject to hydrolysis) is 1. The maximum atomic E-state index is 14.4. The van der Waals surface area contributed by atoms with Crippen LogP contribution in [0.1, 0.15) is 39.2 Å². The minimum absolute atomic E-state index is 0.111. The molecule has 1 saturated heterocycles. The van der Waals surface area contributed by atoms with Crippen molar-refractivity contribution < 1.29 is 28.2 Å². The zero-order chi connectivity index (χ0) is 21.9. The predicted molar refractivity (Wildman–Crippen MR) is 107 cm³/mol. The van der Waals surface area contributed by atoms with Gasteiger partial charge in [-0.05, 0) is 39.7 Å². The fourth-order valence-corrected chi connectivity index (χ4v) is 3.21. The minimum Gasteiger partial charge on any atom is -0.481 e. The molecule has 1 aliphatic rings. The number of ether oxygens (including phenoxy) is 3. The van der Waals surface area contributed by atoms with E-state index in [-0.39, 0.29) is 24.4 Å². The van der Waals surface area contributed by atoms with Crippen LogP contribution in [0.25, 0.3) is 11.0 Å². The third-order valence-electron chi connectivity index (χ3n) is 4.64. The van der Waals surface area contributed by atoms with Crippen molar-refractivity contribution in [3.8, 4) is 5.88 Å². The summed E-state index contributed by atoms with van der Waals surface area (Å²) in [5.74, 6) is -0.554. The van der Waals surface area contributed by atoms with Crippen LogP contribution in [0.4, 0.5) is 9.18 Å². The maximum absolute atomic E-state index is 14.4. The van der Waals surface area contributed by atoms with E-state index in [2.05, 4.69) is 15.3 Å². The number of carbonyl (C=O) groups is 2. The number of nitrogens with one attached hydrogen (secondary N) is 1. The van der Waals surface area contributed by atoms with Gasteiger partial charge in [-0.1, -0.05) is 0 Å². The van der Waals surface area contributed by atoms with Gasteiger partial charge in [0.25, 0.3) is 0 Å². The van der Waals surface area contributed by atoms with Crippen LogP contribution in [0, 0.1) is 5.82 Å². The summed E-state index contributed by atoms with van der Waals surface area (Å²) >= 11 is 0. The van der Waals surface area contributed by atoms with Crippen LogP contribution in [-0.2, 0) is 20.7 Å². The average Bonchev–Trinajstić information content (AvgIpc) is 2.68. The monoisotopic (exact) mass is 419 g/mol. The van der Waals surface area contributed by atoms with Crippen LogP contribution < -0.4 is 10.1 Å². The summed E-state index contributed by atoms with van der Waals surface area (Å²) < 4.78 is 30.5. The van der Waals surface area contributed by atoms with Crippen molar-refractivity contribution in [2.24, 2.45) is 0 Å². The SMILES string of the molecule is COc1ccc2ncc(F)c(CC(=O)C3CCC(OC(=O)NC(C)(C)C)CO3)c2n1. The van der Waals surface area contributed by atoms with Crippen molar-refractivity contribution in [3.05, 3.63) is 29.7 Å². The molecule has 1 N–H and O–H groups in total. The third kappa shape index (κ3) is 5.41. The lowest BCUT2D eigenvalue weighted by molar-refractivity contribution is -0.137. The number of Topliss-reactive ketones (excluding diaryl/α,β-unsaturated/α-hetero) is 1. The molecule has 162 valence electrons. The van der Waals surface area contributed by atoms with E-state index in [4.69, 9.17) is 14.2 Å². The predicted octanol–water partition coefficient (Wildman–Crippen LogP) is 2.96. The van der Waals surface area contributed by atoms with Crippen LogP contribution in [0.2, 0.25) is 0 Å². The summed E-state index contributed by atoms with van der Waals surface area (Å²) in [6.07, 6.45) is 0.133. The zero-order valence-electron chi connectivity index (χ0n) is 17.5. The number of carbonyl (C=O) groups excluding carboxylic acids is 2. The Morgan fingerprint density at radius 3 is 2.70 bits per heavy atom. The molecule has 30 heavy (non-hydrogen) atoms. The Bertz CT molecular complexity index is 936. The van der Waals surface area contributed by atoms with Crippen molar-refractivity contribution in [1.29, 1.82) is 0 Å². The lowest BCUT2D eigenvalue weighted by Crippen LogP contribution is -2.44. The highest BCUT2D eigenvalue weighted by molar-refractivity contribution is 5.89. The van der Waals surface area contributed by atoms with Crippen molar-refractivity contribution in [2.75, 3.05) is 13.7 Å². The smallest absolute Gasteiger partial charge is 0.407 e. The summed E-state index contributed by atoms with van der Waals surface area (Å²) in [6, 6.07) is 3.29. The first-order chi connectivity index (χ1) is 14.2. The highest BCUT2D eigenvalue weighted by Crippen LogP contribution is 2.24. The molecule has 0 aliphatic carbocycles. The Kier molecular flexibility index (Phi) is 6.50. The van der Waals surface area contributed by atoms with Crippen molar-refractivity contribution in [1.82, 2.24) is 15.3 Å². The highest BCUT2D eigenvalue weighted by Gasteiger charge is 2.30. The van der Waals surface area contributed by atoms with Gasteiger partial charge in [-0.15, -0.1) is 0 Å². The van der Waals surface area contributed by atoms with E-state index in [0.717, 1.165) is 6.20 Å². The molecule has 3 rings (SSSR count). The van der Waals surface area contributed by atoms with Crippen LogP contribution in [0.15, 0.2) is 18.3 Å². The molecular formula is C21H26FN3O5. The zero-order valence-corrected chi connectivity index (χ0v) is 17.5. The van der Waals surface area contributed by atoms with E-state index >= 15 is 0 Å². The maximum Gasteiger partial charge on any atom is 0.407 e. The van der Waals surface area contributed by atoms with Crippen LogP contribution in [-0.4, -0.2) is 53.3 Å². The molecule has 2 unspecified atom stereocenters. The van der Waals surface area contributed by atoms with Crippen LogP contribution in [0.3, 0.4) is 0 Å². The number of hydrogen-bond acceptors (Lipinski definition) is 7. The van der Waals surface area contributed by atoms with E-state index < -0.39 is 29.7 Å². The second-order valence-corrected chi connectivity index (χ2v) is 8.25. The topological polar surface area (TPSA) is 99.6 Å². The van der Waals surface area contributed by atoms with Crippen molar-refractivity contribution in [3.63, 3.8) is 0 Å². The highest BCUT2D eigenvalue weighted by atomic mass is 19.1. The number of pyridine rings is 2. The lowest BCUT2D eigenvalue weighted by atomic mass is 9.98. The molecule has 3 heterocycles. The van der Waals surface area contributed by atoms with Gasteiger partial charge in [0.15, 0.2) is 5.78 Å². The molecule has 1 aliphatic heterocycles. The van der Waals surface area contributed by atoms with Gasteiger partial charge in [0.2, 0.25) is 5.88 Å². The van der Waals surface area contributed by atoms with E-state index in [1.54, 1.807) is 12.1 Å². The molecule has 9 heteroatoms. The number of halogens is 1. The Morgan fingerprint density at radius 2 is 2.07 bits per heavy atom. The standard InChI is InChI=1S/C21H26FN3O5/c1-21(2,3)25-20(27)30-12-5-7-17(29-11-12)16(26)9-13-14(22)10-23-15-6-8-18(28-4)24-19(13)15/h6,8,10,12,17H,5,7,9,11H2,1-4H3,(H,25,27). The number of methoxy groups -OCH3 is 1.